The Bertz CT molecular complexity index is 591. The summed E-state index contributed by atoms with van der Waals surface area (Å²) in [5.74, 6) is 0. The summed E-state index contributed by atoms with van der Waals surface area (Å²) in [5, 5.41) is 11.9. The van der Waals surface area contributed by atoms with Crippen LogP contribution in [0.5, 0.6) is 0 Å². The molecule has 3 heteroatoms. The predicted molar refractivity (Wildman–Crippen MR) is 80.9 cm³/mol. The maximum atomic E-state index is 10.6. The lowest BCUT2D eigenvalue weighted by molar-refractivity contribution is 0.0576. The minimum absolute atomic E-state index is 0.451. The Hall–Kier alpha value is -1.02. The molecule has 0 bridgehead atoms. The van der Waals surface area contributed by atoms with Crippen molar-refractivity contribution in [2.24, 2.45) is 0 Å². The Kier molecular flexibility index (Phi) is 4.19. The summed E-state index contributed by atoms with van der Waals surface area (Å²) in [5.41, 5.74) is 1.83. The summed E-state index contributed by atoms with van der Waals surface area (Å²) in [4.78, 5) is 0. The van der Waals surface area contributed by atoms with E-state index in [1.54, 1.807) is 19.1 Å². The van der Waals surface area contributed by atoms with Crippen molar-refractivity contribution >= 4 is 23.2 Å². The van der Waals surface area contributed by atoms with E-state index in [1.807, 2.05) is 37.3 Å². The summed E-state index contributed by atoms with van der Waals surface area (Å²) in [6.45, 7) is 3.76. The van der Waals surface area contributed by atoms with Gasteiger partial charge in [-0.1, -0.05) is 47.5 Å². The number of benzene rings is 2. The molecular formula is C16H16Cl2O. The Morgan fingerprint density at radius 2 is 1.84 bits per heavy atom. The third-order valence-corrected chi connectivity index (χ3v) is 3.78. The molecular weight excluding hydrogens is 279 g/mol. The van der Waals surface area contributed by atoms with E-state index in [0.717, 1.165) is 16.7 Å². The standard InChI is InChI=1S/C16H16Cl2O/c1-11-6-7-12(15(18)8-11)10-16(2,19)13-4-3-5-14(17)9-13/h3-9,19H,10H2,1-2H3. The molecule has 2 rings (SSSR count). The summed E-state index contributed by atoms with van der Waals surface area (Å²) < 4.78 is 0. The zero-order valence-corrected chi connectivity index (χ0v) is 12.5. The van der Waals surface area contributed by atoms with Crippen LogP contribution in [0.2, 0.25) is 10.0 Å². The average Bonchev–Trinajstić information content (AvgIpc) is 2.33. The van der Waals surface area contributed by atoms with E-state index in [0.29, 0.717) is 16.5 Å². The van der Waals surface area contributed by atoms with Crippen LogP contribution in [0.15, 0.2) is 42.5 Å². The monoisotopic (exact) mass is 294 g/mol. The van der Waals surface area contributed by atoms with Gasteiger partial charge in [0.05, 0.1) is 5.60 Å². The third kappa shape index (κ3) is 3.50. The molecule has 0 radical (unpaired) electrons. The second-order valence-electron chi connectivity index (χ2n) is 5.06. The van der Waals surface area contributed by atoms with E-state index in [9.17, 15) is 5.11 Å². The van der Waals surface area contributed by atoms with E-state index >= 15 is 0 Å². The maximum Gasteiger partial charge on any atom is 0.0909 e. The number of aliphatic hydroxyl groups is 1. The van der Waals surface area contributed by atoms with Gasteiger partial charge in [-0.3, -0.25) is 0 Å². The minimum atomic E-state index is -0.996. The van der Waals surface area contributed by atoms with E-state index in [-0.39, 0.29) is 0 Å². The molecule has 100 valence electrons. The van der Waals surface area contributed by atoms with Crippen LogP contribution in [0.3, 0.4) is 0 Å². The first-order valence-corrected chi connectivity index (χ1v) is 6.87. The zero-order valence-electron chi connectivity index (χ0n) is 11.0. The van der Waals surface area contributed by atoms with Gasteiger partial charge < -0.3 is 5.11 Å². The lowest BCUT2D eigenvalue weighted by Gasteiger charge is -2.25. The smallest absolute Gasteiger partial charge is 0.0909 e. The molecule has 0 aromatic heterocycles. The van der Waals surface area contributed by atoms with Crippen molar-refractivity contribution in [3.8, 4) is 0 Å². The van der Waals surface area contributed by atoms with Gasteiger partial charge in [0, 0.05) is 16.5 Å². The van der Waals surface area contributed by atoms with Crippen molar-refractivity contribution in [1.29, 1.82) is 0 Å². The fraction of sp³-hybridized carbons (Fsp3) is 0.250. The highest BCUT2D eigenvalue weighted by Crippen LogP contribution is 2.30. The fourth-order valence-electron chi connectivity index (χ4n) is 2.09. The van der Waals surface area contributed by atoms with Crippen LogP contribution in [-0.2, 0) is 12.0 Å². The molecule has 2 aromatic rings. The van der Waals surface area contributed by atoms with Gasteiger partial charge in [-0.15, -0.1) is 0 Å². The molecule has 0 saturated heterocycles. The van der Waals surface area contributed by atoms with Gasteiger partial charge in [0.1, 0.15) is 0 Å². The number of rotatable bonds is 3. The largest absolute Gasteiger partial charge is 0.385 e. The van der Waals surface area contributed by atoms with Crippen LogP contribution >= 0.6 is 23.2 Å². The summed E-state index contributed by atoms with van der Waals surface area (Å²) in [6.07, 6.45) is 0.451. The Morgan fingerprint density at radius 3 is 2.47 bits per heavy atom. The normalized spacial score (nSPS) is 14.2. The van der Waals surface area contributed by atoms with Crippen molar-refractivity contribution in [1.82, 2.24) is 0 Å². The second-order valence-corrected chi connectivity index (χ2v) is 5.90. The van der Waals surface area contributed by atoms with Crippen molar-refractivity contribution in [3.05, 3.63) is 69.2 Å². The van der Waals surface area contributed by atoms with Crippen molar-refractivity contribution in [2.45, 2.75) is 25.9 Å². The van der Waals surface area contributed by atoms with Crippen LogP contribution < -0.4 is 0 Å². The molecule has 1 N–H and O–H groups in total. The highest BCUT2D eigenvalue weighted by molar-refractivity contribution is 6.31. The van der Waals surface area contributed by atoms with Gasteiger partial charge in [0.2, 0.25) is 0 Å². The quantitative estimate of drug-likeness (QED) is 0.866. The lowest BCUT2D eigenvalue weighted by atomic mass is 9.89. The lowest BCUT2D eigenvalue weighted by Crippen LogP contribution is -2.24. The molecule has 2 aromatic carbocycles. The van der Waals surface area contributed by atoms with E-state index in [1.165, 1.54) is 0 Å². The number of halogens is 2. The Balaban J connectivity index is 2.30. The van der Waals surface area contributed by atoms with Crippen LogP contribution in [0, 0.1) is 6.92 Å². The third-order valence-electron chi connectivity index (χ3n) is 3.19. The highest BCUT2D eigenvalue weighted by Gasteiger charge is 2.24. The van der Waals surface area contributed by atoms with E-state index < -0.39 is 5.60 Å². The molecule has 0 aliphatic rings. The fourth-order valence-corrected chi connectivity index (χ4v) is 2.58. The van der Waals surface area contributed by atoms with Crippen LogP contribution in [0.25, 0.3) is 0 Å². The average molecular weight is 295 g/mol. The van der Waals surface area contributed by atoms with Crippen LogP contribution in [0.4, 0.5) is 0 Å². The van der Waals surface area contributed by atoms with E-state index in [4.69, 9.17) is 23.2 Å². The molecule has 1 nitrogen and oxygen atoms in total. The molecule has 19 heavy (non-hydrogen) atoms. The number of hydrogen-bond donors (Lipinski definition) is 1. The molecule has 0 aliphatic heterocycles. The molecule has 0 fully saturated rings. The van der Waals surface area contributed by atoms with Crippen LogP contribution in [-0.4, -0.2) is 5.11 Å². The second kappa shape index (κ2) is 5.54. The first kappa shape index (κ1) is 14.4. The SMILES string of the molecule is Cc1ccc(CC(C)(O)c2cccc(Cl)c2)c(Cl)c1. The minimum Gasteiger partial charge on any atom is -0.385 e. The zero-order chi connectivity index (χ0) is 14.0. The molecule has 0 heterocycles. The first-order valence-electron chi connectivity index (χ1n) is 6.12. The highest BCUT2D eigenvalue weighted by atomic mass is 35.5. The predicted octanol–water partition coefficient (Wildman–Crippen LogP) is 4.75. The van der Waals surface area contributed by atoms with Gasteiger partial charge in [-0.2, -0.15) is 0 Å². The van der Waals surface area contributed by atoms with Gasteiger partial charge in [0.15, 0.2) is 0 Å². The van der Waals surface area contributed by atoms with E-state index in [2.05, 4.69) is 0 Å². The first-order chi connectivity index (χ1) is 8.88. The molecule has 0 aliphatic carbocycles. The number of hydrogen-bond acceptors (Lipinski definition) is 1. The van der Waals surface area contributed by atoms with Crippen molar-refractivity contribution in [2.75, 3.05) is 0 Å². The topological polar surface area (TPSA) is 20.2 Å². The van der Waals surface area contributed by atoms with Gasteiger partial charge in [0.25, 0.3) is 0 Å². The van der Waals surface area contributed by atoms with Crippen molar-refractivity contribution in [3.63, 3.8) is 0 Å². The van der Waals surface area contributed by atoms with Gasteiger partial charge in [-0.25, -0.2) is 0 Å². The maximum absolute atomic E-state index is 10.6. The molecule has 0 saturated carbocycles. The summed E-state index contributed by atoms with van der Waals surface area (Å²) >= 11 is 12.2. The molecule has 1 unspecified atom stereocenters. The Labute approximate surface area is 123 Å². The number of aryl methyl sites for hydroxylation is 1. The van der Waals surface area contributed by atoms with Crippen molar-refractivity contribution < 1.29 is 5.11 Å². The summed E-state index contributed by atoms with van der Waals surface area (Å²) in [7, 11) is 0. The van der Waals surface area contributed by atoms with Gasteiger partial charge in [-0.05, 0) is 48.7 Å². The summed E-state index contributed by atoms with van der Waals surface area (Å²) in [6, 6.07) is 13.1. The molecule has 0 spiro atoms. The molecule has 1 atom stereocenters. The van der Waals surface area contributed by atoms with Crippen LogP contribution in [0.1, 0.15) is 23.6 Å². The van der Waals surface area contributed by atoms with Gasteiger partial charge >= 0.3 is 0 Å². The molecule has 0 amide bonds. The Morgan fingerprint density at radius 1 is 1.11 bits per heavy atom.